The van der Waals surface area contributed by atoms with E-state index in [-0.39, 0.29) is 11.7 Å². The normalized spacial score (nSPS) is 21.8. The molecule has 0 radical (unpaired) electrons. The van der Waals surface area contributed by atoms with Crippen molar-refractivity contribution in [3.05, 3.63) is 29.8 Å². The van der Waals surface area contributed by atoms with Crippen molar-refractivity contribution in [2.75, 3.05) is 6.54 Å². The number of ether oxygens (including phenoxy) is 1. The van der Waals surface area contributed by atoms with Crippen molar-refractivity contribution >= 4 is 0 Å². The second-order valence-corrected chi connectivity index (χ2v) is 6.22. The van der Waals surface area contributed by atoms with Crippen LogP contribution in [0.5, 0.6) is 5.75 Å². The van der Waals surface area contributed by atoms with Crippen LogP contribution in [-0.2, 0) is 4.74 Å². The molecule has 1 fully saturated rings. The molecule has 0 aromatic heterocycles. The van der Waals surface area contributed by atoms with Gasteiger partial charge < -0.3 is 9.57 Å². The monoisotopic (exact) mass is 263 g/mol. The summed E-state index contributed by atoms with van der Waals surface area (Å²) in [6, 6.07) is 8.21. The third-order valence-electron chi connectivity index (χ3n) is 3.58. The summed E-state index contributed by atoms with van der Waals surface area (Å²) in [6.45, 7) is 9.37. The lowest BCUT2D eigenvalue weighted by Gasteiger charge is -2.19. The Kier molecular flexibility index (Phi) is 4.48. The quantitative estimate of drug-likeness (QED) is 0.823. The Hall–Kier alpha value is -1.06. The van der Waals surface area contributed by atoms with Crippen LogP contribution in [0.25, 0.3) is 0 Å². The van der Waals surface area contributed by atoms with E-state index in [1.54, 1.807) is 0 Å². The fraction of sp³-hybridized carbons (Fsp3) is 0.625. The van der Waals surface area contributed by atoms with Gasteiger partial charge in [-0.3, -0.25) is 0 Å². The Balaban J connectivity index is 1.78. The minimum atomic E-state index is 0.0178. The third kappa shape index (κ3) is 4.22. The minimum absolute atomic E-state index is 0.0178. The molecule has 0 bridgehead atoms. The lowest BCUT2D eigenvalue weighted by Crippen LogP contribution is -2.31. The van der Waals surface area contributed by atoms with Crippen LogP contribution in [0.2, 0.25) is 0 Å². The lowest BCUT2D eigenvalue weighted by molar-refractivity contribution is -0.0246. The molecule has 0 spiro atoms. The van der Waals surface area contributed by atoms with Gasteiger partial charge in [0.05, 0.1) is 18.2 Å². The summed E-state index contributed by atoms with van der Waals surface area (Å²) in [6.07, 6.45) is 2.46. The van der Waals surface area contributed by atoms with Crippen molar-refractivity contribution in [1.29, 1.82) is 0 Å². The van der Waals surface area contributed by atoms with Gasteiger partial charge in [0, 0.05) is 0 Å². The van der Waals surface area contributed by atoms with Crippen LogP contribution in [0.3, 0.4) is 0 Å². The average Bonchev–Trinajstić information content (AvgIpc) is 2.69. The first kappa shape index (κ1) is 14.4. The molecule has 1 aliphatic heterocycles. The Morgan fingerprint density at radius 1 is 1.42 bits per heavy atom. The highest BCUT2D eigenvalue weighted by Crippen LogP contribution is 2.28. The van der Waals surface area contributed by atoms with Crippen LogP contribution in [-0.4, -0.2) is 18.2 Å². The van der Waals surface area contributed by atoms with E-state index >= 15 is 0 Å². The van der Waals surface area contributed by atoms with Gasteiger partial charge in [0.1, 0.15) is 5.75 Å². The van der Waals surface area contributed by atoms with E-state index in [9.17, 15) is 0 Å². The fourth-order valence-corrected chi connectivity index (χ4v) is 2.38. The summed E-state index contributed by atoms with van der Waals surface area (Å²) in [5, 5.41) is 0. The van der Waals surface area contributed by atoms with Crippen LogP contribution < -0.4 is 10.3 Å². The highest BCUT2D eigenvalue weighted by Gasteiger charge is 2.31. The summed E-state index contributed by atoms with van der Waals surface area (Å²) >= 11 is 0. The highest BCUT2D eigenvalue weighted by atomic mass is 16.6. The topological polar surface area (TPSA) is 30.5 Å². The van der Waals surface area contributed by atoms with Crippen molar-refractivity contribution in [1.82, 2.24) is 5.48 Å². The van der Waals surface area contributed by atoms with Crippen molar-refractivity contribution in [2.24, 2.45) is 0 Å². The molecule has 2 rings (SSSR count). The molecule has 1 unspecified atom stereocenters. The maximum Gasteiger partial charge on any atom is 0.147 e. The SMILES string of the molecule is CC(C)c1cccc(ONCC2CCC(C)(C)O2)c1. The number of nitrogens with one attached hydrogen (secondary N) is 1. The van der Waals surface area contributed by atoms with Gasteiger partial charge in [0.2, 0.25) is 0 Å². The molecule has 106 valence electrons. The first-order chi connectivity index (χ1) is 8.96. The van der Waals surface area contributed by atoms with Crippen molar-refractivity contribution in [3.8, 4) is 5.75 Å². The van der Waals surface area contributed by atoms with E-state index in [1.807, 2.05) is 12.1 Å². The van der Waals surface area contributed by atoms with E-state index in [1.165, 1.54) is 5.56 Å². The summed E-state index contributed by atoms with van der Waals surface area (Å²) in [7, 11) is 0. The molecule has 0 amide bonds. The second kappa shape index (κ2) is 5.93. The molecule has 1 aliphatic rings. The van der Waals surface area contributed by atoms with Crippen molar-refractivity contribution < 1.29 is 9.57 Å². The number of hydroxylamine groups is 1. The van der Waals surface area contributed by atoms with Crippen molar-refractivity contribution in [3.63, 3.8) is 0 Å². The Bertz CT molecular complexity index is 415. The first-order valence-corrected chi connectivity index (χ1v) is 7.14. The zero-order valence-corrected chi connectivity index (χ0v) is 12.4. The predicted molar refractivity (Wildman–Crippen MR) is 77.3 cm³/mol. The van der Waals surface area contributed by atoms with Crippen LogP contribution >= 0.6 is 0 Å². The number of rotatable bonds is 5. The zero-order valence-electron chi connectivity index (χ0n) is 12.4. The summed E-state index contributed by atoms with van der Waals surface area (Å²) in [5.41, 5.74) is 4.33. The van der Waals surface area contributed by atoms with Crippen LogP contribution in [0.15, 0.2) is 24.3 Å². The molecular formula is C16H25NO2. The van der Waals surface area contributed by atoms with Gasteiger partial charge in [-0.05, 0) is 50.3 Å². The molecular weight excluding hydrogens is 238 g/mol. The summed E-state index contributed by atoms with van der Waals surface area (Å²) < 4.78 is 5.91. The summed E-state index contributed by atoms with van der Waals surface area (Å²) in [5.74, 6) is 1.38. The van der Waals surface area contributed by atoms with Gasteiger partial charge in [0.15, 0.2) is 0 Å². The first-order valence-electron chi connectivity index (χ1n) is 7.14. The van der Waals surface area contributed by atoms with E-state index in [4.69, 9.17) is 9.57 Å². The van der Waals surface area contributed by atoms with Gasteiger partial charge in [-0.1, -0.05) is 26.0 Å². The third-order valence-corrected chi connectivity index (χ3v) is 3.58. The molecule has 1 aromatic carbocycles. The number of hydrogen-bond acceptors (Lipinski definition) is 3. The molecule has 1 aromatic rings. The standard InChI is InChI=1S/C16H25NO2/c1-12(2)13-6-5-7-14(10-13)19-17-11-15-8-9-16(3,4)18-15/h5-7,10,12,15,17H,8-9,11H2,1-4H3. The highest BCUT2D eigenvalue weighted by molar-refractivity contribution is 5.30. The Labute approximate surface area is 116 Å². The summed E-state index contributed by atoms with van der Waals surface area (Å²) in [4.78, 5) is 5.60. The van der Waals surface area contributed by atoms with E-state index in [0.29, 0.717) is 5.92 Å². The molecule has 1 N–H and O–H groups in total. The van der Waals surface area contributed by atoms with E-state index in [2.05, 4.69) is 45.3 Å². The Morgan fingerprint density at radius 2 is 2.21 bits per heavy atom. The Morgan fingerprint density at radius 3 is 2.84 bits per heavy atom. The maximum absolute atomic E-state index is 5.91. The van der Waals surface area contributed by atoms with Gasteiger partial charge >= 0.3 is 0 Å². The smallest absolute Gasteiger partial charge is 0.147 e. The molecule has 3 heteroatoms. The molecule has 1 saturated heterocycles. The molecule has 0 saturated carbocycles. The fourth-order valence-electron chi connectivity index (χ4n) is 2.38. The molecule has 3 nitrogen and oxygen atoms in total. The molecule has 1 heterocycles. The minimum Gasteiger partial charge on any atom is -0.409 e. The maximum atomic E-state index is 5.91. The lowest BCUT2D eigenvalue weighted by atomic mass is 10.0. The average molecular weight is 263 g/mol. The zero-order chi connectivity index (χ0) is 13.9. The molecule has 1 atom stereocenters. The van der Waals surface area contributed by atoms with E-state index < -0.39 is 0 Å². The number of benzene rings is 1. The van der Waals surface area contributed by atoms with Crippen LogP contribution in [0, 0.1) is 0 Å². The van der Waals surface area contributed by atoms with Gasteiger partial charge in [0.25, 0.3) is 0 Å². The van der Waals surface area contributed by atoms with Crippen LogP contribution in [0.4, 0.5) is 0 Å². The number of hydrogen-bond donors (Lipinski definition) is 1. The van der Waals surface area contributed by atoms with Gasteiger partial charge in [-0.15, -0.1) is 0 Å². The predicted octanol–water partition coefficient (Wildman–Crippen LogP) is 3.65. The second-order valence-electron chi connectivity index (χ2n) is 6.22. The van der Waals surface area contributed by atoms with Gasteiger partial charge in [-0.25, -0.2) is 0 Å². The van der Waals surface area contributed by atoms with Crippen molar-refractivity contribution in [2.45, 2.75) is 58.2 Å². The molecule has 19 heavy (non-hydrogen) atoms. The molecule has 0 aliphatic carbocycles. The largest absolute Gasteiger partial charge is 0.409 e. The van der Waals surface area contributed by atoms with Gasteiger partial charge in [-0.2, -0.15) is 5.48 Å². The van der Waals surface area contributed by atoms with E-state index in [0.717, 1.165) is 25.1 Å². The van der Waals surface area contributed by atoms with Crippen LogP contribution in [0.1, 0.15) is 52.0 Å².